The minimum absolute atomic E-state index is 0.0212. The molecule has 2 heterocycles. The Labute approximate surface area is 112 Å². The molecule has 0 spiro atoms. The fraction of sp³-hybridized carbons (Fsp3) is 0.615. The van der Waals surface area contributed by atoms with Crippen LogP contribution in [0.2, 0.25) is 0 Å². The van der Waals surface area contributed by atoms with E-state index in [4.69, 9.17) is 5.73 Å². The summed E-state index contributed by atoms with van der Waals surface area (Å²) in [6, 6.07) is 0.467. The van der Waals surface area contributed by atoms with Crippen molar-refractivity contribution in [2.24, 2.45) is 0 Å². The lowest BCUT2D eigenvalue weighted by atomic mass is 9.94. The van der Waals surface area contributed by atoms with Gasteiger partial charge in [-0.25, -0.2) is 4.98 Å². The molecule has 6 heteroatoms. The number of carbonyl (C=O) groups is 1. The molecule has 1 aromatic heterocycles. The molecule has 0 unspecified atom stereocenters. The molecule has 2 aliphatic rings. The van der Waals surface area contributed by atoms with Crippen LogP contribution in [0.25, 0.3) is 0 Å². The molecule has 0 aromatic carbocycles. The number of nitrogens with one attached hydrogen (secondary N) is 1. The third-order valence-electron chi connectivity index (χ3n) is 3.93. The van der Waals surface area contributed by atoms with Gasteiger partial charge >= 0.3 is 0 Å². The molecule has 6 nitrogen and oxygen atoms in total. The number of rotatable bonds is 1. The molecule has 0 bridgehead atoms. The fourth-order valence-electron chi connectivity index (χ4n) is 2.98. The largest absolute Gasteiger partial charge is 0.368 e. The first-order valence-corrected chi connectivity index (χ1v) is 6.93. The Morgan fingerprint density at radius 3 is 2.89 bits per heavy atom. The van der Waals surface area contributed by atoms with Crippen molar-refractivity contribution in [3.63, 3.8) is 0 Å². The van der Waals surface area contributed by atoms with E-state index < -0.39 is 0 Å². The van der Waals surface area contributed by atoms with Gasteiger partial charge < -0.3 is 16.0 Å². The van der Waals surface area contributed by atoms with Crippen LogP contribution in [0.1, 0.15) is 38.5 Å². The number of anilines is 3. The number of amides is 1. The lowest BCUT2D eigenvalue weighted by Gasteiger charge is -2.34. The molecular weight excluding hydrogens is 242 g/mol. The predicted molar refractivity (Wildman–Crippen MR) is 73.9 cm³/mol. The number of aromatic nitrogens is 2. The van der Waals surface area contributed by atoms with Crippen LogP contribution in [-0.2, 0) is 4.79 Å². The average molecular weight is 261 g/mol. The summed E-state index contributed by atoms with van der Waals surface area (Å²) in [6.45, 7) is 0.708. The molecule has 1 aromatic rings. The maximum absolute atomic E-state index is 11.7. The number of nitrogen functional groups attached to an aromatic ring is 1. The maximum Gasteiger partial charge on any atom is 0.226 e. The molecule has 0 atom stereocenters. The lowest BCUT2D eigenvalue weighted by molar-refractivity contribution is -0.116. The number of hydrogen-bond donors (Lipinski definition) is 2. The second kappa shape index (κ2) is 5.03. The molecule has 102 valence electrons. The molecule has 0 saturated heterocycles. The fourth-order valence-corrected chi connectivity index (χ4v) is 2.98. The van der Waals surface area contributed by atoms with Crippen molar-refractivity contribution in [3.8, 4) is 0 Å². The quantitative estimate of drug-likeness (QED) is 0.801. The highest BCUT2D eigenvalue weighted by molar-refractivity contribution is 5.95. The van der Waals surface area contributed by atoms with Crippen LogP contribution >= 0.6 is 0 Å². The number of nitrogens with two attached hydrogens (primary N) is 1. The minimum atomic E-state index is 0.0212. The van der Waals surface area contributed by atoms with Gasteiger partial charge in [0.05, 0.1) is 6.20 Å². The van der Waals surface area contributed by atoms with E-state index >= 15 is 0 Å². The van der Waals surface area contributed by atoms with Gasteiger partial charge in [-0.3, -0.25) is 4.79 Å². The lowest BCUT2D eigenvalue weighted by Crippen LogP contribution is -2.38. The molecule has 1 saturated carbocycles. The van der Waals surface area contributed by atoms with E-state index in [-0.39, 0.29) is 11.9 Å². The summed E-state index contributed by atoms with van der Waals surface area (Å²) in [5.41, 5.74) is 6.38. The Balaban J connectivity index is 1.95. The third kappa shape index (κ3) is 2.47. The topological polar surface area (TPSA) is 84.1 Å². The van der Waals surface area contributed by atoms with E-state index in [0.29, 0.717) is 24.7 Å². The molecular formula is C13H19N5O. The molecule has 19 heavy (non-hydrogen) atoms. The van der Waals surface area contributed by atoms with Crippen LogP contribution in [0.3, 0.4) is 0 Å². The van der Waals surface area contributed by atoms with Crippen molar-refractivity contribution >= 4 is 23.4 Å². The van der Waals surface area contributed by atoms with Crippen LogP contribution in [0.4, 0.5) is 17.5 Å². The van der Waals surface area contributed by atoms with Gasteiger partial charge in [-0.2, -0.15) is 4.98 Å². The molecule has 3 rings (SSSR count). The van der Waals surface area contributed by atoms with Crippen molar-refractivity contribution in [1.82, 2.24) is 9.97 Å². The zero-order valence-electron chi connectivity index (χ0n) is 10.9. The van der Waals surface area contributed by atoms with Gasteiger partial charge in [0.15, 0.2) is 5.82 Å². The molecule has 1 aliphatic carbocycles. The zero-order chi connectivity index (χ0) is 13.2. The van der Waals surface area contributed by atoms with Crippen LogP contribution in [-0.4, -0.2) is 28.5 Å². The van der Waals surface area contributed by atoms with Crippen molar-refractivity contribution in [3.05, 3.63) is 6.20 Å². The molecule has 0 radical (unpaired) electrons. The predicted octanol–water partition coefficient (Wildman–Crippen LogP) is 1.54. The van der Waals surface area contributed by atoms with Crippen LogP contribution < -0.4 is 16.0 Å². The molecule has 1 fully saturated rings. The van der Waals surface area contributed by atoms with E-state index in [1.54, 1.807) is 6.20 Å². The first-order chi connectivity index (χ1) is 9.24. The zero-order valence-corrected chi connectivity index (χ0v) is 10.9. The SMILES string of the molecule is Nc1ncc2c(n1)N(C1CCCCC1)CCC(=O)N2. The van der Waals surface area contributed by atoms with Crippen molar-refractivity contribution in [2.45, 2.75) is 44.6 Å². The number of carbonyl (C=O) groups excluding carboxylic acids is 1. The first kappa shape index (κ1) is 12.2. The minimum Gasteiger partial charge on any atom is -0.368 e. The second-order valence-electron chi connectivity index (χ2n) is 5.25. The Kier molecular flexibility index (Phi) is 3.23. The number of nitrogens with zero attached hydrogens (tertiary/aromatic N) is 3. The Hall–Kier alpha value is -1.85. The van der Waals surface area contributed by atoms with E-state index in [1.807, 2.05) is 0 Å². The summed E-state index contributed by atoms with van der Waals surface area (Å²) >= 11 is 0. The van der Waals surface area contributed by atoms with Crippen LogP contribution in [0, 0.1) is 0 Å². The summed E-state index contributed by atoms with van der Waals surface area (Å²) in [5, 5.41) is 2.86. The normalized spacial score (nSPS) is 20.6. The molecule has 3 N–H and O–H groups in total. The monoisotopic (exact) mass is 261 g/mol. The number of fused-ring (bicyclic) bond motifs is 1. The van der Waals surface area contributed by atoms with Gasteiger partial charge in [0.1, 0.15) is 5.69 Å². The first-order valence-electron chi connectivity index (χ1n) is 6.93. The van der Waals surface area contributed by atoms with Gasteiger partial charge in [0.2, 0.25) is 11.9 Å². The smallest absolute Gasteiger partial charge is 0.226 e. The van der Waals surface area contributed by atoms with Crippen molar-refractivity contribution < 1.29 is 4.79 Å². The van der Waals surface area contributed by atoms with E-state index in [1.165, 1.54) is 19.3 Å². The summed E-state index contributed by atoms with van der Waals surface area (Å²) < 4.78 is 0. The Morgan fingerprint density at radius 1 is 1.32 bits per heavy atom. The number of hydrogen-bond acceptors (Lipinski definition) is 5. The second-order valence-corrected chi connectivity index (χ2v) is 5.25. The standard InChI is InChI=1S/C13H19N5O/c14-13-15-8-10-12(17-13)18(7-6-11(19)16-10)9-4-2-1-3-5-9/h8-9H,1-7H2,(H,16,19)(H2,14,15,17). The Bertz CT molecular complexity index is 484. The van der Waals surface area contributed by atoms with E-state index in [9.17, 15) is 4.79 Å². The van der Waals surface area contributed by atoms with Gasteiger partial charge in [0, 0.05) is 19.0 Å². The van der Waals surface area contributed by atoms with Gasteiger partial charge in [-0.15, -0.1) is 0 Å². The van der Waals surface area contributed by atoms with E-state index in [2.05, 4.69) is 20.2 Å². The van der Waals surface area contributed by atoms with Gasteiger partial charge in [-0.05, 0) is 12.8 Å². The highest BCUT2D eigenvalue weighted by Gasteiger charge is 2.28. The third-order valence-corrected chi connectivity index (χ3v) is 3.93. The summed E-state index contributed by atoms with van der Waals surface area (Å²) in [7, 11) is 0. The average Bonchev–Trinajstić information content (AvgIpc) is 2.58. The van der Waals surface area contributed by atoms with Gasteiger partial charge in [0.25, 0.3) is 0 Å². The summed E-state index contributed by atoms with van der Waals surface area (Å²) in [5.74, 6) is 1.06. The highest BCUT2D eigenvalue weighted by atomic mass is 16.1. The van der Waals surface area contributed by atoms with Gasteiger partial charge in [-0.1, -0.05) is 19.3 Å². The van der Waals surface area contributed by atoms with Crippen LogP contribution in [0.5, 0.6) is 0 Å². The molecule has 1 aliphatic heterocycles. The van der Waals surface area contributed by atoms with Crippen molar-refractivity contribution in [2.75, 3.05) is 22.5 Å². The Morgan fingerprint density at radius 2 is 2.11 bits per heavy atom. The molecule has 1 amide bonds. The summed E-state index contributed by atoms with van der Waals surface area (Å²) in [6.07, 6.45) is 8.23. The maximum atomic E-state index is 11.7. The van der Waals surface area contributed by atoms with Crippen LogP contribution in [0.15, 0.2) is 6.20 Å². The summed E-state index contributed by atoms with van der Waals surface area (Å²) in [4.78, 5) is 22.3. The van der Waals surface area contributed by atoms with E-state index in [0.717, 1.165) is 18.7 Å². The highest BCUT2D eigenvalue weighted by Crippen LogP contribution is 2.32. The van der Waals surface area contributed by atoms with Crippen molar-refractivity contribution in [1.29, 1.82) is 0 Å².